The van der Waals surface area contributed by atoms with Gasteiger partial charge in [0.05, 0.1) is 15.6 Å². The van der Waals surface area contributed by atoms with Crippen LogP contribution < -0.4 is 9.62 Å². The zero-order chi connectivity index (χ0) is 28.0. The Morgan fingerprint density at radius 2 is 1.71 bits per heavy atom. The van der Waals surface area contributed by atoms with Crippen LogP contribution in [-0.2, 0) is 26.2 Å². The van der Waals surface area contributed by atoms with Gasteiger partial charge in [-0.15, -0.1) is 0 Å². The summed E-state index contributed by atoms with van der Waals surface area (Å²) < 4.78 is 29.4. The number of likely N-dealkylation sites (N-methyl/N-ethyl adjacent to an activating group) is 1. The van der Waals surface area contributed by atoms with Gasteiger partial charge in [-0.05, 0) is 68.8 Å². The number of benzene rings is 3. The minimum Gasteiger partial charge on any atom is -0.355 e. The Balaban J connectivity index is 2.08. The molecule has 0 aliphatic rings. The molecule has 0 saturated heterocycles. The number of hydrogen-bond donors (Lipinski definition) is 1. The Hall–Kier alpha value is -2.59. The lowest BCUT2D eigenvalue weighted by atomic mass is 10.1. The predicted octanol–water partition coefficient (Wildman–Crippen LogP) is 5.81. The predicted molar refractivity (Wildman–Crippen MR) is 155 cm³/mol. The van der Waals surface area contributed by atoms with Crippen LogP contribution in [-0.4, -0.2) is 44.3 Å². The first kappa shape index (κ1) is 30.0. The number of halogens is 3. The maximum Gasteiger partial charge on any atom is 0.264 e. The molecule has 0 aliphatic carbocycles. The van der Waals surface area contributed by atoms with Crippen molar-refractivity contribution in [2.24, 2.45) is 0 Å². The summed E-state index contributed by atoms with van der Waals surface area (Å²) in [6, 6.07) is 17.1. The highest BCUT2D eigenvalue weighted by atomic mass is 79.9. The van der Waals surface area contributed by atoms with Crippen LogP contribution in [0.2, 0.25) is 10.0 Å². The largest absolute Gasteiger partial charge is 0.355 e. The van der Waals surface area contributed by atoms with E-state index in [9.17, 15) is 18.0 Å². The highest BCUT2D eigenvalue weighted by Crippen LogP contribution is 2.33. The quantitative estimate of drug-likeness (QED) is 0.303. The average Bonchev–Trinajstić information content (AvgIpc) is 2.87. The molecule has 3 aromatic rings. The van der Waals surface area contributed by atoms with E-state index in [0.717, 1.165) is 19.9 Å². The molecule has 0 fully saturated rings. The molecule has 2 amide bonds. The standard InChI is InChI=1S/C27H28BrCl2N3O4S/c1-4-31-27(35)19(3)32(16-20-6-5-7-21(28)14-20)26(34)17-33(25-15-22(29)10-13-24(25)30)38(36,37)23-11-8-18(2)9-12-23/h5-15,19H,4,16-17H2,1-3H3,(H,31,35)/t19-/m0/s1. The number of anilines is 1. The van der Waals surface area contributed by atoms with Gasteiger partial charge >= 0.3 is 0 Å². The van der Waals surface area contributed by atoms with Gasteiger partial charge in [-0.2, -0.15) is 0 Å². The number of rotatable bonds is 10. The number of hydrogen-bond acceptors (Lipinski definition) is 4. The minimum absolute atomic E-state index is 0.0118. The van der Waals surface area contributed by atoms with Gasteiger partial charge in [0, 0.05) is 22.6 Å². The van der Waals surface area contributed by atoms with Crippen molar-refractivity contribution in [3.63, 3.8) is 0 Å². The number of nitrogens with one attached hydrogen (secondary N) is 1. The van der Waals surface area contributed by atoms with E-state index in [4.69, 9.17) is 23.2 Å². The van der Waals surface area contributed by atoms with Gasteiger partial charge in [0.2, 0.25) is 11.8 Å². The first-order valence-electron chi connectivity index (χ1n) is 11.8. The summed E-state index contributed by atoms with van der Waals surface area (Å²) >= 11 is 16.0. The second-order valence-electron chi connectivity index (χ2n) is 8.64. The van der Waals surface area contributed by atoms with Crippen LogP contribution in [0.25, 0.3) is 0 Å². The first-order chi connectivity index (χ1) is 17.9. The Labute approximate surface area is 241 Å². The fourth-order valence-electron chi connectivity index (χ4n) is 3.76. The number of amides is 2. The van der Waals surface area contributed by atoms with Crippen LogP contribution in [0.3, 0.4) is 0 Å². The summed E-state index contributed by atoms with van der Waals surface area (Å²) in [7, 11) is -4.24. The van der Waals surface area contributed by atoms with Gasteiger partial charge in [0.15, 0.2) is 0 Å². The van der Waals surface area contributed by atoms with E-state index in [0.29, 0.717) is 6.54 Å². The molecule has 0 bridgehead atoms. The van der Waals surface area contributed by atoms with Crippen LogP contribution >= 0.6 is 39.1 Å². The summed E-state index contributed by atoms with van der Waals surface area (Å²) in [5, 5.41) is 3.09. The lowest BCUT2D eigenvalue weighted by molar-refractivity contribution is -0.139. The molecule has 1 atom stereocenters. The number of carbonyl (C=O) groups is 2. The number of nitrogens with zero attached hydrogens (tertiary/aromatic N) is 2. The van der Waals surface area contributed by atoms with Crippen LogP contribution in [0.4, 0.5) is 5.69 Å². The Morgan fingerprint density at radius 1 is 1.03 bits per heavy atom. The molecule has 0 saturated carbocycles. The molecule has 1 N–H and O–H groups in total. The SMILES string of the molecule is CCNC(=O)[C@H](C)N(Cc1cccc(Br)c1)C(=O)CN(c1cc(Cl)ccc1Cl)S(=O)(=O)c1ccc(C)cc1. The Kier molecular flexibility index (Phi) is 10.2. The van der Waals surface area contributed by atoms with Crippen molar-refractivity contribution in [2.75, 3.05) is 17.4 Å². The number of aryl methyl sites for hydroxylation is 1. The molecule has 38 heavy (non-hydrogen) atoms. The summed E-state index contributed by atoms with van der Waals surface area (Å²) in [6.45, 7) is 5.09. The van der Waals surface area contributed by atoms with Gasteiger partial charge in [0.25, 0.3) is 10.0 Å². The van der Waals surface area contributed by atoms with Gasteiger partial charge in [0.1, 0.15) is 12.6 Å². The molecule has 7 nitrogen and oxygen atoms in total. The Morgan fingerprint density at radius 3 is 2.34 bits per heavy atom. The van der Waals surface area contributed by atoms with Gasteiger partial charge in [-0.3, -0.25) is 13.9 Å². The molecule has 11 heteroatoms. The van der Waals surface area contributed by atoms with E-state index in [2.05, 4.69) is 21.2 Å². The summed E-state index contributed by atoms with van der Waals surface area (Å²) in [5.74, 6) is -0.944. The highest BCUT2D eigenvalue weighted by Gasteiger charge is 2.33. The third kappa shape index (κ3) is 7.28. The van der Waals surface area contributed by atoms with Crippen molar-refractivity contribution in [3.8, 4) is 0 Å². The summed E-state index contributed by atoms with van der Waals surface area (Å²) in [6.07, 6.45) is 0. The van der Waals surface area contributed by atoms with Crippen LogP contribution in [0.1, 0.15) is 25.0 Å². The Bertz CT molecular complexity index is 1420. The van der Waals surface area contributed by atoms with E-state index in [1.165, 1.54) is 35.2 Å². The molecule has 0 unspecified atom stereocenters. The van der Waals surface area contributed by atoms with Gasteiger partial charge < -0.3 is 10.2 Å². The maximum absolute atomic E-state index is 13.8. The van der Waals surface area contributed by atoms with Gasteiger partial charge in [-0.25, -0.2) is 8.42 Å². The van der Waals surface area contributed by atoms with Crippen molar-refractivity contribution in [2.45, 2.75) is 38.3 Å². The molecule has 0 heterocycles. The van der Waals surface area contributed by atoms with E-state index >= 15 is 0 Å². The summed E-state index contributed by atoms with van der Waals surface area (Å²) in [4.78, 5) is 28.0. The van der Waals surface area contributed by atoms with E-state index in [1.807, 2.05) is 31.2 Å². The van der Waals surface area contributed by atoms with Crippen molar-refractivity contribution in [3.05, 3.63) is 92.4 Å². The van der Waals surface area contributed by atoms with E-state index < -0.39 is 28.5 Å². The minimum atomic E-state index is -4.24. The monoisotopic (exact) mass is 639 g/mol. The normalized spacial score (nSPS) is 12.1. The van der Waals surface area contributed by atoms with Crippen molar-refractivity contribution < 1.29 is 18.0 Å². The summed E-state index contributed by atoms with van der Waals surface area (Å²) in [5.41, 5.74) is 1.70. The zero-order valence-electron chi connectivity index (χ0n) is 21.1. The molecule has 0 aliphatic heterocycles. The molecule has 0 aromatic heterocycles. The number of sulfonamides is 1. The first-order valence-corrected chi connectivity index (χ1v) is 14.8. The molecule has 0 radical (unpaired) electrons. The molecule has 3 rings (SSSR count). The second-order valence-corrected chi connectivity index (χ2v) is 12.3. The molecular weight excluding hydrogens is 613 g/mol. The van der Waals surface area contributed by atoms with Crippen LogP contribution in [0.15, 0.2) is 76.1 Å². The molecular formula is C27H28BrCl2N3O4S. The molecule has 3 aromatic carbocycles. The zero-order valence-corrected chi connectivity index (χ0v) is 25.0. The lowest BCUT2D eigenvalue weighted by Crippen LogP contribution is -2.51. The average molecular weight is 641 g/mol. The number of carbonyl (C=O) groups excluding carboxylic acids is 2. The van der Waals surface area contributed by atoms with E-state index in [1.54, 1.807) is 26.0 Å². The van der Waals surface area contributed by atoms with Crippen molar-refractivity contribution in [1.29, 1.82) is 0 Å². The van der Waals surface area contributed by atoms with Crippen molar-refractivity contribution in [1.82, 2.24) is 10.2 Å². The second kappa shape index (κ2) is 13.0. The topological polar surface area (TPSA) is 86.8 Å². The molecule has 202 valence electrons. The van der Waals surface area contributed by atoms with Crippen molar-refractivity contribution >= 4 is 66.7 Å². The fraction of sp³-hybridized carbons (Fsp3) is 0.259. The van der Waals surface area contributed by atoms with Crippen LogP contribution in [0.5, 0.6) is 0 Å². The smallest absolute Gasteiger partial charge is 0.264 e. The maximum atomic E-state index is 13.8. The lowest BCUT2D eigenvalue weighted by Gasteiger charge is -2.32. The third-order valence-electron chi connectivity index (χ3n) is 5.82. The van der Waals surface area contributed by atoms with Crippen LogP contribution in [0, 0.1) is 6.92 Å². The third-order valence-corrected chi connectivity index (χ3v) is 8.65. The van der Waals surface area contributed by atoms with E-state index in [-0.39, 0.29) is 33.1 Å². The fourth-order valence-corrected chi connectivity index (χ4v) is 6.07. The molecule has 0 spiro atoms. The highest BCUT2D eigenvalue weighted by molar-refractivity contribution is 9.10. The van der Waals surface area contributed by atoms with Gasteiger partial charge in [-0.1, -0.05) is 69.0 Å².